The van der Waals surface area contributed by atoms with Crippen LogP contribution in [0.5, 0.6) is 17.2 Å². The first-order chi connectivity index (χ1) is 15.6. The summed E-state index contributed by atoms with van der Waals surface area (Å²) in [5, 5.41) is 0. The third kappa shape index (κ3) is 6.46. The van der Waals surface area contributed by atoms with E-state index < -0.39 is 6.10 Å². The van der Waals surface area contributed by atoms with Crippen molar-refractivity contribution in [3.05, 3.63) is 95.3 Å². The summed E-state index contributed by atoms with van der Waals surface area (Å²) in [6, 6.07) is 18.7. The van der Waals surface area contributed by atoms with E-state index in [0.29, 0.717) is 30.5 Å². The van der Waals surface area contributed by atoms with Crippen molar-refractivity contribution in [2.24, 2.45) is 0 Å². The molecule has 3 rings (SSSR count). The van der Waals surface area contributed by atoms with Crippen molar-refractivity contribution in [2.75, 3.05) is 0 Å². The summed E-state index contributed by atoms with van der Waals surface area (Å²) in [7, 11) is 0. The Morgan fingerprint density at radius 2 is 1.69 bits per heavy atom. The second kappa shape index (κ2) is 11.7. The molecule has 6 heteroatoms. The van der Waals surface area contributed by atoms with Gasteiger partial charge in [0.2, 0.25) is 0 Å². The summed E-state index contributed by atoms with van der Waals surface area (Å²) in [4.78, 5) is 15.4. The Bertz CT molecular complexity index is 1080. The average molecular weight is 450 g/mol. The van der Waals surface area contributed by atoms with Crippen molar-refractivity contribution in [1.29, 1.82) is 0 Å². The number of pyridine rings is 1. The first-order valence-corrected chi connectivity index (χ1v) is 10.5. The normalized spacial score (nSPS) is 11.7. The lowest BCUT2D eigenvalue weighted by Crippen LogP contribution is -2.14. The van der Waals surface area contributed by atoms with Crippen LogP contribution in [-0.2, 0) is 18.0 Å². The fraction of sp³-hybridized carbons (Fsp3) is 0.154. The number of halogens is 1. The monoisotopic (exact) mass is 449 g/mol. The van der Waals surface area contributed by atoms with Gasteiger partial charge in [0.05, 0.1) is 11.4 Å². The molecule has 164 valence electrons. The fourth-order valence-corrected chi connectivity index (χ4v) is 3.01. The number of hydrogen-bond acceptors (Lipinski definition) is 5. The Morgan fingerprint density at radius 3 is 2.34 bits per heavy atom. The van der Waals surface area contributed by atoms with Gasteiger partial charge in [-0.1, -0.05) is 48.5 Å². The molecule has 5 nitrogen and oxygen atoms in total. The summed E-state index contributed by atoms with van der Waals surface area (Å²) < 4.78 is 17.3. The minimum absolute atomic E-state index is 0.318. The van der Waals surface area contributed by atoms with Gasteiger partial charge in [0.15, 0.2) is 12.4 Å². The topological polar surface area (TPSA) is 57.7 Å². The van der Waals surface area contributed by atoms with Crippen LogP contribution in [0.4, 0.5) is 0 Å². The summed E-state index contributed by atoms with van der Waals surface area (Å²) in [5.41, 5.74) is 4.71. The number of aldehydes is 1. The van der Waals surface area contributed by atoms with Gasteiger partial charge in [-0.25, -0.2) is 4.98 Å². The second-order valence-electron chi connectivity index (χ2n) is 6.89. The van der Waals surface area contributed by atoms with E-state index in [1.165, 1.54) is 5.54 Å². The molecule has 0 aliphatic carbocycles. The SMILES string of the molecule is C=Cc1ccc(COc2ccc(OCc3ccccc3OC(C)C=O)cc2)nc1/C=C/Cl. The maximum atomic E-state index is 10.9. The number of rotatable bonds is 11. The van der Waals surface area contributed by atoms with Crippen molar-refractivity contribution in [3.8, 4) is 17.2 Å². The fourth-order valence-electron chi connectivity index (χ4n) is 2.89. The van der Waals surface area contributed by atoms with Crippen molar-refractivity contribution in [1.82, 2.24) is 4.98 Å². The first-order valence-electron chi connectivity index (χ1n) is 10.1. The third-order valence-electron chi connectivity index (χ3n) is 4.54. The molecule has 0 saturated heterocycles. The number of aromatic nitrogens is 1. The van der Waals surface area contributed by atoms with Crippen LogP contribution < -0.4 is 14.2 Å². The van der Waals surface area contributed by atoms with Gasteiger partial charge < -0.3 is 14.2 Å². The lowest BCUT2D eigenvalue weighted by Gasteiger charge is -2.14. The molecule has 0 amide bonds. The third-order valence-corrected chi connectivity index (χ3v) is 4.66. The van der Waals surface area contributed by atoms with Crippen molar-refractivity contribution in [2.45, 2.75) is 26.2 Å². The Labute approximate surface area is 192 Å². The van der Waals surface area contributed by atoms with E-state index in [1.54, 1.807) is 19.1 Å². The molecule has 1 aromatic heterocycles. The standard InChI is InChI=1S/C26H24ClNO4/c1-3-20-8-9-22(28-25(20)14-15-27)18-31-24-12-10-23(11-13-24)30-17-21-6-4-5-7-26(21)32-19(2)16-29/h3-16,19H,1,17-18H2,2H3/b15-14+. The van der Waals surface area contributed by atoms with E-state index in [0.717, 1.165) is 28.8 Å². The predicted molar refractivity (Wildman–Crippen MR) is 127 cm³/mol. The highest BCUT2D eigenvalue weighted by Gasteiger charge is 2.08. The van der Waals surface area contributed by atoms with E-state index in [-0.39, 0.29) is 0 Å². The smallest absolute Gasteiger partial charge is 0.160 e. The molecule has 0 N–H and O–H groups in total. The predicted octanol–water partition coefficient (Wildman–Crippen LogP) is 6.06. The molecule has 2 aromatic carbocycles. The van der Waals surface area contributed by atoms with Crippen molar-refractivity contribution >= 4 is 30.0 Å². The zero-order valence-corrected chi connectivity index (χ0v) is 18.5. The molecule has 1 atom stereocenters. The van der Waals surface area contributed by atoms with E-state index in [4.69, 9.17) is 25.8 Å². The van der Waals surface area contributed by atoms with Crippen LogP contribution >= 0.6 is 11.6 Å². The van der Waals surface area contributed by atoms with Crippen molar-refractivity contribution < 1.29 is 19.0 Å². The zero-order valence-electron chi connectivity index (χ0n) is 17.7. The first kappa shape index (κ1) is 23.1. The van der Waals surface area contributed by atoms with Crippen molar-refractivity contribution in [3.63, 3.8) is 0 Å². The van der Waals surface area contributed by atoms with Gasteiger partial charge in [-0.2, -0.15) is 0 Å². The van der Waals surface area contributed by atoms with Crippen LogP contribution in [0.15, 0.2) is 72.8 Å². The second-order valence-corrected chi connectivity index (χ2v) is 7.14. The van der Waals surface area contributed by atoms with Gasteiger partial charge in [0, 0.05) is 11.1 Å². The number of benzene rings is 2. The number of nitrogens with zero attached hydrogens (tertiary/aromatic N) is 1. The molecule has 0 radical (unpaired) electrons. The Kier molecular flexibility index (Phi) is 8.46. The quantitative estimate of drug-likeness (QED) is 0.333. The maximum Gasteiger partial charge on any atom is 0.160 e. The van der Waals surface area contributed by atoms with Gasteiger partial charge >= 0.3 is 0 Å². The molecule has 0 aliphatic rings. The number of carbonyl (C=O) groups is 1. The zero-order chi connectivity index (χ0) is 22.8. The largest absolute Gasteiger partial charge is 0.489 e. The molecule has 0 bridgehead atoms. The van der Waals surface area contributed by atoms with Gasteiger partial charge in [-0.05, 0) is 55.0 Å². The molecule has 32 heavy (non-hydrogen) atoms. The molecule has 0 spiro atoms. The molecule has 0 saturated carbocycles. The Balaban J connectivity index is 1.58. The van der Waals surface area contributed by atoms with E-state index in [2.05, 4.69) is 11.6 Å². The van der Waals surface area contributed by atoms with Crippen LogP contribution in [0.2, 0.25) is 0 Å². The van der Waals surface area contributed by atoms with Crippen LogP contribution in [0.3, 0.4) is 0 Å². The highest BCUT2D eigenvalue weighted by Crippen LogP contribution is 2.23. The van der Waals surface area contributed by atoms with Gasteiger partial charge in [0.25, 0.3) is 0 Å². The molecule has 1 heterocycles. The Hall–Kier alpha value is -3.57. The van der Waals surface area contributed by atoms with Gasteiger partial charge in [-0.15, -0.1) is 0 Å². The molecule has 0 fully saturated rings. The van der Waals surface area contributed by atoms with Crippen LogP contribution in [0.25, 0.3) is 12.2 Å². The molecule has 1 unspecified atom stereocenters. The van der Waals surface area contributed by atoms with E-state index in [1.807, 2.05) is 60.7 Å². The number of ether oxygens (including phenoxy) is 3. The maximum absolute atomic E-state index is 10.9. The average Bonchev–Trinajstić information content (AvgIpc) is 2.83. The lowest BCUT2D eigenvalue weighted by atomic mass is 10.1. The lowest BCUT2D eigenvalue weighted by molar-refractivity contribution is -0.113. The minimum Gasteiger partial charge on any atom is -0.489 e. The van der Waals surface area contributed by atoms with Crippen LogP contribution in [-0.4, -0.2) is 17.4 Å². The minimum atomic E-state index is -0.517. The van der Waals surface area contributed by atoms with Gasteiger partial charge in [0.1, 0.15) is 30.5 Å². The summed E-state index contributed by atoms with van der Waals surface area (Å²) in [5.74, 6) is 2.02. The van der Waals surface area contributed by atoms with Crippen LogP contribution in [0.1, 0.15) is 29.4 Å². The molecule has 0 aliphatic heterocycles. The summed E-state index contributed by atoms with van der Waals surface area (Å²) in [6.45, 7) is 6.11. The van der Waals surface area contributed by atoms with Gasteiger partial charge in [-0.3, -0.25) is 4.79 Å². The Morgan fingerprint density at radius 1 is 1.00 bits per heavy atom. The molecular formula is C26H24ClNO4. The molecule has 3 aromatic rings. The number of para-hydroxylation sites is 1. The number of carbonyl (C=O) groups excluding carboxylic acids is 1. The summed E-state index contributed by atoms with van der Waals surface area (Å²) in [6.07, 6.45) is 3.69. The van der Waals surface area contributed by atoms with E-state index >= 15 is 0 Å². The highest BCUT2D eigenvalue weighted by molar-refractivity contribution is 6.27. The molecular weight excluding hydrogens is 426 g/mol. The van der Waals surface area contributed by atoms with Crippen LogP contribution in [0, 0.1) is 0 Å². The number of hydrogen-bond donors (Lipinski definition) is 0. The summed E-state index contributed by atoms with van der Waals surface area (Å²) >= 11 is 5.69. The van der Waals surface area contributed by atoms with E-state index in [9.17, 15) is 4.79 Å². The highest BCUT2D eigenvalue weighted by atomic mass is 35.5.